The Morgan fingerprint density at radius 1 is 1.04 bits per heavy atom. The molecule has 0 unspecified atom stereocenters. The van der Waals surface area contributed by atoms with E-state index in [0.29, 0.717) is 24.5 Å². The fraction of sp³-hybridized carbons (Fsp3) is 0.0909. The molecule has 0 aliphatic heterocycles. The van der Waals surface area contributed by atoms with Crippen LogP contribution in [-0.4, -0.2) is 10.9 Å². The summed E-state index contributed by atoms with van der Waals surface area (Å²) >= 11 is 0. The lowest BCUT2D eigenvalue weighted by molar-refractivity contribution is -0.111. The first-order valence-corrected chi connectivity index (χ1v) is 8.66. The van der Waals surface area contributed by atoms with Gasteiger partial charge in [-0.1, -0.05) is 18.7 Å². The van der Waals surface area contributed by atoms with E-state index in [1.807, 2.05) is 12.1 Å². The highest BCUT2D eigenvalue weighted by Gasteiger charge is 2.14. The molecule has 2 aromatic carbocycles. The van der Waals surface area contributed by atoms with E-state index in [9.17, 15) is 13.6 Å². The third kappa shape index (κ3) is 5.01. The minimum Gasteiger partial charge on any atom is -0.361 e. The Bertz CT molecular complexity index is 977. The molecule has 0 radical (unpaired) electrons. The predicted octanol–water partition coefficient (Wildman–Crippen LogP) is 4.69. The smallest absolute Gasteiger partial charge is 0.247 e. The van der Waals surface area contributed by atoms with Crippen LogP contribution in [0.15, 0.2) is 79.6 Å². The minimum absolute atomic E-state index is 0.315. The van der Waals surface area contributed by atoms with E-state index < -0.39 is 11.7 Å². The Morgan fingerprint density at radius 3 is 2.46 bits per heavy atom. The van der Waals surface area contributed by atoms with E-state index in [4.69, 9.17) is 0 Å². The van der Waals surface area contributed by atoms with E-state index in [1.54, 1.807) is 41.6 Å². The molecule has 3 rings (SSSR count). The van der Waals surface area contributed by atoms with Gasteiger partial charge in [-0.2, -0.15) is 0 Å². The van der Waals surface area contributed by atoms with E-state index >= 15 is 0 Å². The summed E-state index contributed by atoms with van der Waals surface area (Å²) in [5, 5.41) is 2.53. The average molecular weight is 379 g/mol. The molecule has 0 aliphatic carbocycles. The van der Waals surface area contributed by atoms with Gasteiger partial charge >= 0.3 is 0 Å². The molecule has 28 heavy (non-hydrogen) atoms. The van der Waals surface area contributed by atoms with Gasteiger partial charge in [-0.15, -0.1) is 0 Å². The van der Waals surface area contributed by atoms with Gasteiger partial charge < -0.3 is 10.2 Å². The van der Waals surface area contributed by atoms with Crippen molar-refractivity contribution in [2.24, 2.45) is 0 Å². The van der Waals surface area contributed by atoms with Gasteiger partial charge in [-0.05, 0) is 59.7 Å². The Labute approximate surface area is 162 Å². The lowest BCUT2D eigenvalue weighted by atomic mass is 10.1. The van der Waals surface area contributed by atoms with E-state index in [-0.39, 0.29) is 5.82 Å². The summed E-state index contributed by atoms with van der Waals surface area (Å²) in [6.07, 6.45) is 4.45. The number of nitrogens with zero attached hydrogens (tertiary/aromatic N) is 2. The first-order chi connectivity index (χ1) is 13.5. The van der Waals surface area contributed by atoms with E-state index in [1.165, 1.54) is 18.2 Å². The summed E-state index contributed by atoms with van der Waals surface area (Å²) in [6, 6.07) is 14.4. The Balaban J connectivity index is 1.91. The Kier molecular flexibility index (Phi) is 6.11. The topological polar surface area (TPSA) is 45.2 Å². The molecule has 1 amide bonds. The lowest BCUT2D eigenvalue weighted by Crippen LogP contribution is -2.23. The molecule has 142 valence electrons. The van der Waals surface area contributed by atoms with Crippen molar-refractivity contribution in [1.82, 2.24) is 4.98 Å². The number of aromatic nitrogens is 1. The van der Waals surface area contributed by atoms with Gasteiger partial charge in [0, 0.05) is 31.2 Å². The first kappa shape index (κ1) is 19.2. The number of nitrogens with one attached hydrogen (secondary N) is 1. The quantitative estimate of drug-likeness (QED) is 0.606. The van der Waals surface area contributed by atoms with Crippen LogP contribution in [-0.2, 0) is 17.9 Å². The van der Waals surface area contributed by atoms with Gasteiger partial charge in [0.25, 0.3) is 0 Å². The number of rotatable bonds is 7. The highest BCUT2D eigenvalue weighted by molar-refractivity contribution is 5.98. The summed E-state index contributed by atoms with van der Waals surface area (Å²) < 4.78 is 28.4. The maximum Gasteiger partial charge on any atom is 0.247 e. The van der Waals surface area contributed by atoms with Crippen LogP contribution < -0.4 is 10.2 Å². The SMILES string of the molecule is C=CC(=O)Nc1ccc(N(Cc2ccncc2)Cc2cccc(F)c2)c(F)c1. The molecule has 1 heterocycles. The molecule has 6 heteroatoms. The third-order valence-corrected chi connectivity index (χ3v) is 4.13. The number of hydrogen-bond donors (Lipinski definition) is 1. The molecule has 3 aromatic rings. The van der Waals surface area contributed by atoms with Gasteiger partial charge in [0.1, 0.15) is 11.6 Å². The molecule has 0 spiro atoms. The molecule has 4 nitrogen and oxygen atoms in total. The van der Waals surface area contributed by atoms with Crippen LogP contribution >= 0.6 is 0 Å². The number of carbonyl (C=O) groups is 1. The Hall–Kier alpha value is -3.54. The van der Waals surface area contributed by atoms with Gasteiger partial charge in [0.15, 0.2) is 0 Å². The van der Waals surface area contributed by atoms with Crippen molar-refractivity contribution < 1.29 is 13.6 Å². The third-order valence-electron chi connectivity index (χ3n) is 4.13. The number of halogens is 2. The zero-order chi connectivity index (χ0) is 19.9. The number of benzene rings is 2. The zero-order valence-electron chi connectivity index (χ0n) is 15.1. The maximum absolute atomic E-state index is 14.8. The fourth-order valence-electron chi connectivity index (χ4n) is 2.82. The van der Waals surface area contributed by atoms with E-state index in [2.05, 4.69) is 16.9 Å². The summed E-state index contributed by atoms with van der Waals surface area (Å²) in [4.78, 5) is 17.2. The van der Waals surface area contributed by atoms with Crippen LogP contribution in [0.5, 0.6) is 0 Å². The molecule has 0 saturated heterocycles. The number of anilines is 2. The van der Waals surface area contributed by atoms with Gasteiger partial charge in [0.2, 0.25) is 5.91 Å². The molecule has 0 fully saturated rings. The molecule has 1 aromatic heterocycles. The van der Waals surface area contributed by atoms with Crippen molar-refractivity contribution in [3.05, 3.63) is 102 Å². The predicted molar refractivity (Wildman–Crippen MR) is 106 cm³/mol. The van der Waals surface area contributed by atoms with Gasteiger partial charge in [0.05, 0.1) is 5.69 Å². The van der Waals surface area contributed by atoms with Crippen molar-refractivity contribution in [2.75, 3.05) is 10.2 Å². The second-order valence-corrected chi connectivity index (χ2v) is 6.20. The number of carbonyl (C=O) groups excluding carboxylic acids is 1. The molecular formula is C22H19F2N3O. The van der Waals surface area contributed by atoms with E-state index in [0.717, 1.165) is 17.2 Å². The van der Waals surface area contributed by atoms with Crippen LogP contribution in [0.1, 0.15) is 11.1 Å². The second-order valence-electron chi connectivity index (χ2n) is 6.20. The largest absolute Gasteiger partial charge is 0.361 e. The summed E-state index contributed by atoms with van der Waals surface area (Å²) in [5.41, 5.74) is 2.34. The molecule has 0 saturated carbocycles. The summed E-state index contributed by atoms with van der Waals surface area (Å²) in [6.45, 7) is 4.10. The van der Waals surface area contributed by atoms with Crippen molar-refractivity contribution in [2.45, 2.75) is 13.1 Å². The summed E-state index contributed by atoms with van der Waals surface area (Å²) in [5.74, 6) is -1.25. The maximum atomic E-state index is 14.8. The zero-order valence-corrected chi connectivity index (χ0v) is 15.1. The van der Waals surface area contributed by atoms with Crippen LogP contribution in [0.3, 0.4) is 0 Å². The normalized spacial score (nSPS) is 10.4. The molecule has 0 aliphatic rings. The van der Waals surface area contributed by atoms with Crippen LogP contribution in [0.25, 0.3) is 0 Å². The van der Waals surface area contributed by atoms with Crippen LogP contribution in [0, 0.1) is 11.6 Å². The van der Waals surface area contributed by atoms with Crippen molar-refractivity contribution >= 4 is 17.3 Å². The molecule has 0 atom stereocenters. The average Bonchev–Trinajstić information content (AvgIpc) is 2.68. The Morgan fingerprint density at radius 2 is 1.79 bits per heavy atom. The van der Waals surface area contributed by atoms with Crippen LogP contribution in [0.2, 0.25) is 0 Å². The standard InChI is InChI=1S/C22H19F2N3O/c1-2-22(28)26-19-6-7-21(20(24)13-19)27(14-16-8-10-25-11-9-16)15-17-4-3-5-18(23)12-17/h2-13H,1,14-15H2,(H,26,28). The number of hydrogen-bond acceptors (Lipinski definition) is 3. The fourth-order valence-corrected chi connectivity index (χ4v) is 2.82. The molecule has 1 N–H and O–H groups in total. The highest BCUT2D eigenvalue weighted by atomic mass is 19.1. The van der Waals surface area contributed by atoms with Crippen molar-refractivity contribution in [3.8, 4) is 0 Å². The lowest BCUT2D eigenvalue weighted by Gasteiger charge is -2.26. The van der Waals surface area contributed by atoms with Gasteiger partial charge in [-0.3, -0.25) is 9.78 Å². The number of pyridine rings is 1. The summed E-state index contributed by atoms with van der Waals surface area (Å²) in [7, 11) is 0. The van der Waals surface area contributed by atoms with Crippen molar-refractivity contribution in [3.63, 3.8) is 0 Å². The monoisotopic (exact) mass is 379 g/mol. The molecule has 0 bridgehead atoms. The molecular weight excluding hydrogens is 360 g/mol. The van der Waals surface area contributed by atoms with Crippen molar-refractivity contribution in [1.29, 1.82) is 0 Å². The van der Waals surface area contributed by atoms with Crippen LogP contribution in [0.4, 0.5) is 20.2 Å². The second kappa shape index (κ2) is 8.90. The first-order valence-electron chi connectivity index (χ1n) is 8.66. The highest BCUT2D eigenvalue weighted by Crippen LogP contribution is 2.26. The van der Waals surface area contributed by atoms with Gasteiger partial charge in [-0.25, -0.2) is 8.78 Å². The minimum atomic E-state index is -0.493. The number of amides is 1.